The Labute approximate surface area is 142 Å². The van der Waals surface area contributed by atoms with E-state index in [-0.39, 0.29) is 11.9 Å². The quantitative estimate of drug-likeness (QED) is 0.772. The molecule has 0 saturated carbocycles. The standard InChI is InChI=1S/C19H22N2OS/c1-2-23-18-12-11-16(14-20-18)17-10-6-7-13-21(17)19(22)15-8-4-3-5-9-15/h3-5,8-9,11-12,14,17H,2,6-7,10,13H2,1H3. The van der Waals surface area contributed by atoms with E-state index in [0.717, 1.165) is 47.7 Å². The Morgan fingerprint density at radius 1 is 1.22 bits per heavy atom. The molecule has 0 radical (unpaired) electrons. The third-order valence-electron chi connectivity index (χ3n) is 4.22. The predicted octanol–water partition coefficient (Wildman–Crippen LogP) is 4.56. The summed E-state index contributed by atoms with van der Waals surface area (Å²) in [5, 5.41) is 1.05. The lowest BCUT2D eigenvalue weighted by Gasteiger charge is -2.36. The highest BCUT2D eigenvalue weighted by molar-refractivity contribution is 7.99. The molecule has 1 amide bonds. The van der Waals surface area contributed by atoms with Gasteiger partial charge < -0.3 is 4.90 Å². The maximum atomic E-state index is 12.9. The van der Waals surface area contributed by atoms with Gasteiger partial charge in [0.05, 0.1) is 11.1 Å². The van der Waals surface area contributed by atoms with Crippen molar-refractivity contribution in [1.82, 2.24) is 9.88 Å². The number of pyridine rings is 1. The van der Waals surface area contributed by atoms with E-state index in [0.29, 0.717) is 0 Å². The molecule has 1 aliphatic rings. The first-order valence-electron chi connectivity index (χ1n) is 8.24. The van der Waals surface area contributed by atoms with Crippen LogP contribution in [0.2, 0.25) is 0 Å². The number of carbonyl (C=O) groups is 1. The number of hydrogen-bond acceptors (Lipinski definition) is 3. The van der Waals surface area contributed by atoms with Crippen LogP contribution < -0.4 is 0 Å². The molecular weight excluding hydrogens is 304 g/mol. The molecule has 1 aromatic heterocycles. The second-order valence-corrected chi connectivity index (χ2v) is 7.02. The van der Waals surface area contributed by atoms with Crippen LogP contribution in [0.15, 0.2) is 53.7 Å². The van der Waals surface area contributed by atoms with Gasteiger partial charge in [0.1, 0.15) is 0 Å². The van der Waals surface area contributed by atoms with E-state index >= 15 is 0 Å². The fraction of sp³-hybridized carbons (Fsp3) is 0.368. The van der Waals surface area contributed by atoms with Crippen molar-refractivity contribution in [3.63, 3.8) is 0 Å². The molecule has 23 heavy (non-hydrogen) atoms. The summed E-state index contributed by atoms with van der Waals surface area (Å²) < 4.78 is 0. The molecule has 1 fully saturated rings. The van der Waals surface area contributed by atoms with E-state index in [9.17, 15) is 4.79 Å². The van der Waals surface area contributed by atoms with Crippen molar-refractivity contribution in [3.05, 3.63) is 59.8 Å². The molecule has 1 aromatic carbocycles. The molecule has 0 spiro atoms. The Kier molecular flexibility index (Phi) is 5.34. The molecule has 0 bridgehead atoms. The van der Waals surface area contributed by atoms with Crippen LogP contribution in [-0.4, -0.2) is 28.1 Å². The largest absolute Gasteiger partial charge is 0.332 e. The Morgan fingerprint density at radius 2 is 2.04 bits per heavy atom. The van der Waals surface area contributed by atoms with Crippen molar-refractivity contribution in [2.75, 3.05) is 12.3 Å². The number of hydrogen-bond donors (Lipinski definition) is 0. The molecule has 120 valence electrons. The number of carbonyl (C=O) groups excluding carboxylic acids is 1. The average molecular weight is 326 g/mol. The number of rotatable bonds is 4. The molecule has 2 aromatic rings. The van der Waals surface area contributed by atoms with Crippen molar-refractivity contribution >= 4 is 17.7 Å². The van der Waals surface area contributed by atoms with E-state index in [1.165, 1.54) is 0 Å². The van der Waals surface area contributed by atoms with E-state index in [2.05, 4.69) is 24.0 Å². The number of benzene rings is 1. The summed E-state index contributed by atoms with van der Waals surface area (Å²) in [5.74, 6) is 1.15. The van der Waals surface area contributed by atoms with Crippen LogP contribution in [0, 0.1) is 0 Å². The van der Waals surface area contributed by atoms with Gasteiger partial charge in [-0.1, -0.05) is 31.2 Å². The molecule has 1 atom stereocenters. The van der Waals surface area contributed by atoms with Gasteiger partial charge in [-0.3, -0.25) is 4.79 Å². The monoisotopic (exact) mass is 326 g/mol. The number of aromatic nitrogens is 1. The van der Waals surface area contributed by atoms with Gasteiger partial charge in [0.25, 0.3) is 5.91 Å². The Morgan fingerprint density at radius 3 is 2.74 bits per heavy atom. The first kappa shape index (κ1) is 16.1. The third kappa shape index (κ3) is 3.75. The SMILES string of the molecule is CCSc1ccc(C2CCCCN2C(=O)c2ccccc2)cn1. The predicted molar refractivity (Wildman–Crippen MR) is 94.7 cm³/mol. The fourth-order valence-corrected chi connectivity index (χ4v) is 3.68. The van der Waals surface area contributed by atoms with E-state index in [1.807, 2.05) is 41.4 Å². The minimum Gasteiger partial charge on any atom is -0.332 e. The van der Waals surface area contributed by atoms with Gasteiger partial charge in [-0.2, -0.15) is 0 Å². The third-order valence-corrected chi connectivity index (χ3v) is 5.05. The van der Waals surface area contributed by atoms with Gasteiger partial charge in [0.2, 0.25) is 0 Å². The van der Waals surface area contributed by atoms with Gasteiger partial charge >= 0.3 is 0 Å². The maximum absolute atomic E-state index is 12.9. The van der Waals surface area contributed by atoms with Crippen LogP contribution in [0.1, 0.15) is 48.1 Å². The van der Waals surface area contributed by atoms with Crippen molar-refractivity contribution < 1.29 is 4.79 Å². The highest BCUT2D eigenvalue weighted by Gasteiger charge is 2.28. The molecule has 3 rings (SSSR count). The number of amides is 1. The van der Waals surface area contributed by atoms with Gasteiger partial charge in [0.15, 0.2) is 0 Å². The summed E-state index contributed by atoms with van der Waals surface area (Å²) >= 11 is 1.74. The van der Waals surface area contributed by atoms with Crippen molar-refractivity contribution in [1.29, 1.82) is 0 Å². The van der Waals surface area contributed by atoms with Crippen LogP contribution in [0.3, 0.4) is 0 Å². The van der Waals surface area contributed by atoms with E-state index < -0.39 is 0 Å². The lowest BCUT2D eigenvalue weighted by molar-refractivity contribution is 0.0611. The van der Waals surface area contributed by atoms with Gasteiger partial charge in [-0.05, 0) is 48.8 Å². The first-order chi connectivity index (χ1) is 11.3. The van der Waals surface area contributed by atoms with Crippen molar-refractivity contribution in [2.24, 2.45) is 0 Å². The number of thioether (sulfide) groups is 1. The average Bonchev–Trinajstić information content (AvgIpc) is 2.63. The van der Waals surface area contributed by atoms with E-state index in [4.69, 9.17) is 0 Å². The maximum Gasteiger partial charge on any atom is 0.254 e. The summed E-state index contributed by atoms with van der Waals surface area (Å²) in [4.78, 5) is 19.4. The molecule has 3 nitrogen and oxygen atoms in total. The lowest BCUT2D eigenvalue weighted by Crippen LogP contribution is -2.38. The fourth-order valence-electron chi connectivity index (χ4n) is 3.09. The summed E-state index contributed by atoms with van der Waals surface area (Å²) in [5.41, 5.74) is 1.92. The summed E-state index contributed by atoms with van der Waals surface area (Å²) in [7, 11) is 0. The van der Waals surface area contributed by atoms with Crippen molar-refractivity contribution in [2.45, 2.75) is 37.3 Å². The minimum absolute atomic E-state index is 0.127. The Balaban J connectivity index is 1.82. The molecule has 4 heteroatoms. The second-order valence-electron chi connectivity index (χ2n) is 5.74. The van der Waals surface area contributed by atoms with Crippen LogP contribution in [0.25, 0.3) is 0 Å². The zero-order valence-electron chi connectivity index (χ0n) is 13.4. The molecule has 2 heterocycles. The molecule has 1 unspecified atom stereocenters. The topological polar surface area (TPSA) is 33.2 Å². The number of nitrogens with zero attached hydrogens (tertiary/aromatic N) is 2. The molecule has 1 aliphatic heterocycles. The van der Waals surface area contributed by atoms with Crippen LogP contribution >= 0.6 is 11.8 Å². The van der Waals surface area contributed by atoms with E-state index in [1.54, 1.807) is 11.8 Å². The molecule has 1 saturated heterocycles. The molecule has 0 aliphatic carbocycles. The van der Waals surface area contributed by atoms with Crippen LogP contribution in [0.5, 0.6) is 0 Å². The van der Waals surface area contributed by atoms with Gasteiger partial charge in [-0.25, -0.2) is 4.98 Å². The smallest absolute Gasteiger partial charge is 0.254 e. The van der Waals surface area contributed by atoms with Gasteiger partial charge in [0, 0.05) is 18.3 Å². The zero-order chi connectivity index (χ0) is 16.1. The lowest BCUT2D eigenvalue weighted by atomic mass is 9.95. The number of piperidine rings is 1. The zero-order valence-corrected chi connectivity index (χ0v) is 14.3. The molecular formula is C19H22N2OS. The minimum atomic E-state index is 0.127. The number of likely N-dealkylation sites (tertiary alicyclic amines) is 1. The summed E-state index contributed by atoms with van der Waals surface area (Å²) in [6.45, 7) is 2.95. The van der Waals surface area contributed by atoms with Crippen molar-refractivity contribution in [3.8, 4) is 0 Å². The Bertz CT molecular complexity index is 642. The highest BCUT2D eigenvalue weighted by Crippen LogP contribution is 2.32. The normalized spacial score (nSPS) is 18.0. The first-order valence-corrected chi connectivity index (χ1v) is 9.23. The summed E-state index contributed by atoms with van der Waals surface area (Å²) in [6.07, 6.45) is 5.20. The summed E-state index contributed by atoms with van der Waals surface area (Å²) in [6, 6.07) is 13.9. The van der Waals surface area contributed by atoms with Crippen LogP contribution in [-0.2, 0) is 0 Å². The molecule has 0 N–H and O–H groups in total. The Hall–Kier alpha value is -1.81. The van der Waals surface area contributed by atoms with Gasteiger partial charge in [-0.15, -0.1) is 11.8 Å². The highest BCUT2D eigenvalue weighted by atomic mass is 32.2. The second kappa shape index (κ2) is 7.64. The van der Waals surface area contributed by atoms with Crippen LogP contribution in [0.4, 0.5) is 0 Å².